The van der Waals surface area contributed by atoms with Crippen molar-refractivity contribution in [3.05, 3.63) is 41.7 Å². The van der Waals surface area contributed by atoms with Gasteiger partial charge in [0.15, 0.2) is 5.65 Å². The smallest absolute Gasteiger partial charge is 0.152 e. The molecule has 0 aromatic carbocycles. The van der Waals surface area contributed by atoms with E-state index < -0.39 is 0 Å². The second-order valence-electron chi connectivity index (χ2n) is 5.57. The third kappa shape index (κ3) is 2.98. The lowest BCUT2D eigenvalue weighted by molar-refractivity contribution is 0.585. The van der Waals surface area contributed by atoms with E-state index in [-0.39, 0.29) is 0 Å². The van der Waals surface area contributed by atoms with Crippen molar-refractivity contribution >= 4 is 58.8 Å². The van der Waals surface area contributed by atoms with Crippen LogP contribution in [0.25, 0.3) is 22.3 Å². The van der Waals surface area contributed by atoms with Gasteiger partial charge in [0.05, 0.1) is 10.7 Å². The minimum absolute atomic E-state index is 0.718. The molecule has 1 aliphatic rings. The Morgan fingerprint density at radius 1 is 1.17 bits per heavy atom. The maximum Gasteiger partial charge on any atom is 0.152 e. The van der Waals surface area contributed by atoms with E-state index in [2.05, 4.69) is 63.6 Å². The van der Waals surface area contributed by atoms with Gasteiger partial charge in [-0.05, 0) is 24.3 Å². The lowest BCUT2D eigenvalue weighted by atomic mass is 10.2. The molecule has 0 unspecified atom stereocenters. The van der Waals surface area contributed by atoms with Crippen molar-refractivity contribution in [1.29, 1.82) is 0 Å². The van der Waals surface area contributed by atoms with Crippen molar-refractivity contribution in [2.75, 3.05) is 31.1 Å². The molecule has 0 radical (unpaired) electrons. The highest BCUT2D eigenvalue weighted by atomic mass is 127. The van der Waals surface area contributed by atoms with Crippen molar-refractivity contribution in [3.8, 4) is 11.3 Å². The Hall–Kier alpha value is -1.03. The van der Waals surface area contributed by atoms with Crippen molar-refractivity contribution in [1.82, 2.24) is 19.3 Å². The van der Waals surface area contributed by atoms with Crippen molar-refractivity contribution in [3.63, 3.8) is 0 Å². The van der Waals surface area contributed by atoms with E-state index in [9.17, 15) is 0 Å². The summed E-state index contributed by atoms with van der Waals surface area (Å²) in [5.74, 6) is 1.03. The molecule has 0 aliphatic carbocycles. The highest BCUT2D eigenvalue weighted by Crippen LogP contribution is 2.36. The topological polar surface area (TPSA) is 46.0 Å². The van der Waals surface area contributed by atoms with Gasteiger partial charge in [-0.15, -0.1) is 0 Å². The third-order valence-electron chi connectivity index (χ3n) is 4.16. The van der Waals surface area contributed by atoms with Gasteiger partial charge in [0.1, 0.15) is 5.82 Å². The quantitative estimate of drug-likeness (QED) is 0.585. The van der Waals surface area contributed by atoms with Crippen LogP contribution in [-0.2, 0) is 0 Å². The fourth-order valence-electron chi connectivity index (χ4n) is 2.93. The van der Waals surface area contributed by atoms with Crippen LogP contribution in [0.3, 0.4) is 0 Å². The summed E-state index contributed by atoms with van der Waals surface area (Å²) >= 11 is 8.59. The average Bonchev–Trinajstić information content (AvgIpc) is 3.03. The van der Waals surface area contributed by atoms with Crippen LogP contribution >= 0.6 is 41.9 Å². The molecule has 3 aromatic heterocycles. The summed E-state index contributed by atoms with van der Waals surface area (Å²) in [5, 5.41) is 5.04. The molecule has 8 heteroatoms. The van der Waals surface area contributed by atoms with Crippen LogP contribution in [0, 0.1) is 0 Å². The maximum atomic E-state index is 6.32. The first kappa shape index (κ1) is 16.4. The van der Waals surface area contributed by atoms with Crippen LogP contribution in [0.5, 0.6) is 0 Å². The Morgan fingerprint density at radius 2 is 2.00 bits per heavy atom. The number of aromatic nitrogens is 3. The van der Waals surface area contributed by atoms with Crippen LogP contribution < -0.4 is 10.2 Å². The predicted molar refractivity (Wildman–Crippen MR) is 110 cm³/mol. The Morgan fingerprint density at radius 3 is 2.71 bits per heavy atom. The van der Waals surface area contributed by atoms with Crippen molar-refractivity contribution < 1.29 is 0 Å². The van der Waals surface area contributed by atoms with Gasteiger partial charge in [-0.1, -0.05) is 11.6 Å². The summed E-state index contributed by atoms with van der Waals surface area (Å²) in [6.07, 6.45) is 3.67. The Balaban J connectivity index is 1.73. The summed E-state index contributed by atoms with van der Waals surface area (Å²) in [7, 11) is 1.59. The average molecular weight is 472 g/mol. The molecule has 24 heavy (non-hydrogen) atoms. The largest absolute Gasteiger partial charge is 0.354 e. The van der Waals surface area contributed by atoms with E-state index in [4.69, 9.17) is 11.6 Å². The van der Waals surface area contributed by atoms with Gasteiger partial charge in [0, 0.05) is 79.8 Å². The summed E-state index contributed by atoms with van der Waals surface area (Å²) in [5.41, 5.74) is 3.00. The van der Waals surface area contributed by atoms with Gasteiger partial charge in [-0.25, -0.2) is 9.97 Å². The monoisotopic (exact) mass is 471 g/mol. The number of piperazine rings is 1. The molecule has 5 nitrogen and oxygen atoms in total. The number of fused-ring (bicyclic) bond motifs is 1. The summed E-state index contributed by atoms with van der Waals surface area (Å²) in [4.78, 5) is 11.4. The highest BCUT2D eigenvalue weighted by Gasteiger charge is 2.16. The van der Waals surface area contributed by atoms with Crippen LogP contribution in [0.2, 0.25) is 5.02 Å². The number of hydrogen-bond donors (Lipinski definition) is 1. The normalized spacial score (nSPS) is 15.2. The van der Waals surface area contributed by atoms with Crippen LogP contribution in [0.4, 0.5) is 5.82 Å². The summed E-state index contributed by atoms with van der Waals surface area (Å²) in [6.45, 7) is 4.01. The first-order chi connectivity index (χ1) is 11.8. The second-order valence-corrected chi connectivity index (χ2v) is 7.66. The molecule has 124 valence electrons. The fourth-order valence-corrected chi connectivity index (χ4v) is 4.77. The fraction of sp³-hybridized carbons (Fsp3) is 0.250. The van der Waals surface area contributed by atoms with Gasteiger partial charge < -0.3 is 10.2 Å². The van der Waals surface area contributed by atoms with E-state index in [1.165, 1.54) is 0 Å². The molecule has 1 saturated heterocycles. The number of pyridine rings is 2. The number of hydrogen-bond acceptors (Lipinski definition) is 5. The molecule has 0 saturated carbocycles. The maximum absolute atomic E-state index is 6.32. The van der Waals surface area contributed by atoms with Crippen LogP contribution in [-0.4, -0.2) is 40.1 Å². The minimum Gasteiger partial charge on any atom is -0.354 e. The number of halogens is 2. The van der Waals surface area contributed by atoms with E-state index in [0.717, 1.165) is 59.3 Å². The third-order valence-corrected chi connectivity index (χ3v) is 6.18. The molecule has 0 atom stereocenters. The van der Waals surface area contributed by atoms with Gasteiger partial charge in [-0.3, -0.25) is 3.97 Å². The number of nitrogens with zero attached hydrogens (tertiary/aromatic N) is 4. The molecular weight excluding hydrogens is 457 g/mol. The van der Waals surface area contributed by atoms with E-state index in [1.54, 1.807) is 15.3 Å². The van der Waals surface area contributed by atoms with Gasteiger partial charge in [0.25, 0.3) is 0 Å². The van der Waals surface area contributed by atoms with Crippen LogP contribution in [0.1, 0.15) is 0 Å². The second kappa shape index (κ2) is 7.07. The molecule has 1 N–H and O–H groups in total. The first-order valence-corrected chi connectivity index (χ1v) is 11.3. The van der Waals surface area contributed by atoms with E-state index in [1.807, 2.05) is 12.3 Å². The Bertz CT molecular complexity index is 861. The SMILES string of the molecule is Clc1ccnc2c1cc(-c1ccc(N3CCNCC3)nc1)n2SI. The molecule has 0 bridgehead atoms. The van der Waals surface area contributed by atoms with E-state index >= 15 is 0 Å². The lowest BCUT2D eigenvalue weighted by Crippen LogP contribution is -2.43. The van der Waals surface area contributed by atoms with Crippen molar-refractivity contribution in [2.45, 2.75) is 0 Å². The molecule has 1 fully saturated rings. The van der Waals surface area contributed by atoms with Crippen LogP contribution in [0.15, 0.2) is 36.7 Å². The molecular formula is C16H15ClIN5S. The molecule has 4 heterocycles. The Labute approximate surface area is 161 Å². The molecule has 0 amide bonds. The molecule has 4 rings (SSSR count). The van der Waals surface area contributed by atoms with Gasteiger partial charge in [-0.2, -0.15) is 0 Å². The zero-order valence-corrected chi connectivity index (χ0v) is 16.5. The summed E-state index contributed by atoms with van der Waals surface area (Å²) < 4.78 is 2.09. The van der Waals surface area contributed by atoms with Gasteiger partial charge in [0.2, 0.25) is 0 Å². The zero-order chi connectivity index (χ0) is 16.5. The minimum atomic E-state index is 0.718. The van der Waals surface area contributed by atoms with Crippen molar-refractivity contribution in [2.24, 2.45) is 0 Å². The highest BCUT2D eigenvalue weighted by molar-refractivity contribution is 14.2. The van der Waals surface area contributed by atoms with Gasteiger partial charge >= 0.3 is 0 Å². The lowest BCUT2D eigenvalue weighted by Gasteiger charge is -2.28. The molecule has 3 aromatic rings. The standard InChI is InChI=1S/C16H15ClIN5S/c17-13-3-4-20-16-12(13)9-14(23(16)24-18)11-1-2-15(21-10-11)22-7-5-19-6-8-22/h1-4,9-10,19H,5-8H2. The molecule has 0 spiro atoms. The van der Waals surface area contributed by atoms with E-state index in [0.29, 0.717) is 0 Å². The molecule has 1 aliphatic heterocycles. The number of rotatable bonds is 3. The number of nitrogens with one attached hydrogen (secondary N) is 1. The summed E-state index contributed by atoms with van der Waals surface area (Å²) in [6, 6.07) is 8.12. The predicted octanol–water partition coefficient (Wildman–Crippen LogP) is 4.01. The first-order valence-electron chi connectivity index (χ1n) is 7.65. The number of anilines is 1. The Kier molecular flexibility index (Phi) is 4.84. The zero-order valence-electron chi connectivity index (χ0n) is 12.7.